The molecule has 1 heterocycles. The van der Waals surface area contributed by atoms with E-state index in [4.69, 9.17) is 0 Å². The molecule has 1 N–H and O–H groups in total. The van der Waals surface area contributed by atoms with Crippen LogP contribution >= 0.6 is 0 Å². The zero-order chi connectivity index (χ0) is 27.8. The third kappa shape index (κ3) is 5.93. The first-order valence-electron chi connectivity index (χ1n) is 14.1. The fourth-order valence-corrected chi connectivity index (χ4v) is 7.71. The monoisotopic (exact) mass is 550 g/mol. The molecule has 1 saturated heterocycles. The molecule has 2 amide bonds. The van der Waals surface area contributed by atoms with Crippen molar-refractivity contribution in [3.63, 3.8) is 0 Å². The summed E-state index contributed by atoms with van der Waals surface area (Å²) >= 11 is 0. The van der Waals surface area contributed by atoms with Crippen LogP contribution in [0.1, 0.15) is 37.8 Å². The molecule has 0 radical (unpaired) electrons. The zero-order valence-electron chi connectivity index (χ0n) is 23.7. The highest BCUT2D eigenvalue weighted by molar-refractivity contribution is 7.89. The number of nitrogens with zero attached hydrogens (tertiary/aromatic N) is 3. The van der Waals surface area contributed by atoms with Crippen LogP contribution in [0.15, 0.2) is 65.1 Å². The minimum absolute atomic E-state index is 0.0837. The molecule has 2 bridgehead atoms. The van der Waals surface area contributed by atoms with E-state index in [1.54, 1.807) is 16.4 Å². The van der Waals surface area contributed by atoms with E-state index in [2.05, 4.69) is 30.1 Å². The lowest BCUT2D eigenvalue weighted by Gasteiger charge is -2.57. The molecule has 2 atom stereocenters. The number of carbonyl (C=O) groups is 1. The maximum absolute atomic E-state index is 13.5. The van der Waals surface area contributed by atoms with Crippen molar-refractivity contribution >= 4 is 21.7 Å². The summed E-state index contributed by atoms with van der Waals surface area (Å²) in [7, 11) is -3.49. The SMILES string of the molecule is Cc1ccc(NC(=O)N(CCN2CCN(S(=O)(=O)c3ccc(C)cc3)CC2)CC2=CCC3CC2C3(C)C)cc1. The topological polar surface area (TPSA) is 73.0 Å². The Hall–Kier alpha value is -2.68. The fraction of sp³-hybridized carbons (Fsp3) is 0.516. The predicted molar refractivity (Wildman–Crippen MR) is 156 cm³/mol. The van der Waals surface area contributed by atoms with Crippen molar-refractivity contribution in [2.75, 3.05) is 51.1 Å². The van der Waals surface area contributed by atoms with E-state index in [0.717, 1.165) is 29.2 Å². The number of rotatable bonds is 8. The average molecular weight is 551 g/mol. The Morgan fingerprint density at radius 2 is 1.59 bits per heavy atom. The van der Waals surface area contributed by atoms with Gasteiger partial charge in [0.15, 0.2) is 0 Å². The first-order chi connectivity index (χ1) is 18.5. The first kappa shape index (κ1) is 27.9. The van der Waals surface area contributed by atoms with Gasteiger partial charge in [-0.15, -0.1) is 0 Å². The smallest absolute Gasteiger partial charge is 0.319 e. The van der Waals surface area contributed by atoms with Crippen LogP contribution in [0.4, 0.5) is 10.5 Å². The number of piperazine rings is 1. The lowest BCUT2D eigenvalue weighted by Crippen LogP contribution is -2.52. The molecule has 2 aromatic rings. The van der Waals surface area contributed by atoms with Crippen molar-refractivity contribution < 1.29 is 13.2 Å². The van der Waals surface area contributed by atoms with Crippen LogP contribution in [0.3, 0.4) is 0 Å². The lowest BCUT2D eigenvalue weighted by molar-refractivity contribution is -0.00967. The van der Waals surface area contributed by atoms with Crippen molar-refractivity contribution in [1.82, 2.24) is 14.1 Å². The van der Waals surface area contributed by atoms with E-state index in [1.165, 1.54) is 12.0 Å². The highest BCUT2D eigenvalue weighted by Gasteiger charge is 2.51. The molecule has 0 aromatic heterocycles. The summed E-state index contributed by atoms with van der Waals surface area (Å²) in [4.78, 5) is 18.0. The van der Waals surface area contributed by atoms with Crippen LogP contribution in [0.25, 0.3) is 0 Å². The normalized spacial score (nSPS) is 23.0. The van der Waals surface area contributed by atoms with Gasteiger partial charge >= 0.3 is 6.03 Å². The molecule has 1 aliphatic heterocycles. The summed E-state index contributed by atoms with van der Waals surface area (Å²) < 4.78 is 27.8. The van der Waals surface area contributed by atoms with E-state index in [-0.39, 0.29) is 6.03 Å². The third-order valence-electron chi connectivity index (χ3n) is 9.22. The van der Waals surface area contributed by atoms with E-state index in [1.807, 2.05) is 55.1 Å². The molecule has 2 aromatic carbocycles. The Bertz CT molecular complexity index is 1310. The molecule has 8 heteroatoms. The number of hydrogen-bond acceptors (Lipinski definition) is 4. The Kier molecular flexibility index (Phi) is 7.91. The minimum Gasteiger partial charge on any atom is -0.319 e. The molecule has 3 aliphatic carbocycles. The summed E-state index contributed by atoms with van der Waals surface area (Å²) in [5, 5.41) is 3.10. The summed E-state index contributed by atoms with van der Waals surface area (Å²) in [6, 6.07) is 14.9. The van der Waals surface area contributed by atoms with Gasteiger partial charge in [0.2, 0.25) is 10.0 Å². The number of sulfonamides is 1. The molecule has 210 valence electrons. The quantitative estimate of drug-likeness (QED) is 0.462. The number of nitrogens with one attached hydrogen (secondary N) is 1. The van der Waals surface area contributed by atoms with Crippen LogP contribution in [0.5, 0.6) is 0 Å². The number of amides is 2. The number of anilines is 1. The number of carbonyl (C=O) groups excluding carboxylic acids is 1. The van der Waals surface area contributed by atoms with Gasteiger partial charge < -0.3 is 10.2 Å². The predicted octanol–water partition coefficient (Wildman–Crippen LogP) is 5.14. The number of allylic oxidation sites excluding steroid dienone is 1. The van der Waals surface area contributed by atoms with Gasteiger partial charge in [0.25, 0.3) is 0 Å². The third-order valence-corrected chi connectivity index (χ3v) is 11.1. The Labute approximate surface area is 233 Å². The highest BCUT2D eigenvalue weighted by Crippen LogP contribution is 2.59. The van der Waals surface area contributed by atoms with Gasteiger partial charge in [0, 0.05) is 51.5 Å². The second kappa shape index (κ2) is 11.1. The van der Waals surface area contributed by atoms with Crippen molar-refractivity contribution in [3.8, 4) is 0 Å². The Balaban J connectivity index is 1.21. The van der Waals surface area contributed by atoms with E-state index in [0.29, 0.717) is 62.0 Å². The van der Waals surface area contributed by atoms with Gasteiger partial charge in [-0.05, 0) is 68.2 Å². The molecule has 6 rings (SSSR count). The highest BCUT2D eigenvalue weighted by atomic mass is 32.2. The molecular formula is C31H42N4O3S. The molecule has 0 spiro atoms. The van der Waals surface area contributed by atoms with Crippen molar-refractivity contribution in [2.24, 2.45) is 17.3 Å². The average Bonchev–Trinajstić information content (AvgIpc) is 2.92. The van der Waals surface area contributed by atoms with Crippen molar-refractivity contribution in [1.29, 1.82) is 0 Å². The molecule has 7 nitrogen and oxygen atoms in total. The standard InChI is InChI=1S/C31H42N4O3S/c1-23-5-11-27(12-6-23)32-30(36)34(22-25-9-10-26-21-29(25)31(26,3)4)18-15-33-16-19-35(20-17-33)39(37,38)28-13-7-24(2)8-14-28/h5-9,11-14,26,29H,10,15-22H2,1-4H3,(H,32,36). The van der Waals surface area contributed by atoms with Crippen molar-refractivity contribution in [3.05, 3.63) is 71.3 Å². The summed E-state index contributed by atoms with van der Waals surface area (Å²) in [5.74, 6) is 1.30. The van der Waals surface area contributed by atoms with Crippen LogP contribution < -0.4 is 5.32 Å². The van der Waals surface area contributed by atoms with Crippen molar-refractivity contribution in [2.45, 2.75) is 45.4 Å². The number of hydrogen-bond donors (Lipinski definition) is 1. The van der Waals surface area contributed by atoms with Crippen LogP contribution in [0, 0.1) is 31.1 Å². The Morgan fingerprint density at radius 3 is 2.18 bits per heavy atom. The molecular weight excluding hydrogens is 508 g/mol. The molecule has 1 saturated carbocycles. The molecule has 39 heavy (non-hydrogen) atoms. The van der Waals surface area contributed by atoms with Gasteiger partial charge in [0.05, 0.1) is 4.90 Å². The van der Waals surface area contributed by atoms with Crippen LogP contribution in [-0.2, 0) is 10.0 Å². The second-order valence-electron chi connectivity index (χ2n) is 12.1. The van der Waals surface area contributed by atoms with Gasteiger partial charge in [0.1, 0.15) is 0 Å². The fourth-order valence-electron chi connectivity index (χ4n) is 6.28. The number of benzene rings is 2. The van der Waals surface area contributed by atoms with E-state index < -0.39 is 10.0 Å². The maximum atomic E-state index is 13.5. The van der Waals surface area contributed by atoms with Gasteiger partial charge in [-0.3, -0.25) is 4.90 Å². The lowest BCUT2D eigenvalue weighted by atomic mass is 9.49. The second-order valence-corrected chi connectivity index (χ2v) is 14.0. The zero-order valence-corrected chi connectivity index (χ0v) is 24.5. The largest absolute Gasteiger partial charge is 0.322 e. The van der Waals surface area contributed by atoms with Gasteiger partial charge in [-0.1, -0.05) is 60.9 Å². The minimum atomic E-state index is -3.49. The summed E-state index contributed by atoms with van der Waals surface area (Å²) in [6.45, 7) is 12.9. The number of fused-ring (bicyclic) bond motifs is 1. The van der Waals surface area contributed by atoms with Gasteiger partial charge in [-0.25, -0.2) is 13.2 Å². The van der Waals surface area contributed by atoms with E-state index in [9.17, 15) is 13.2 Å². The Morgan fingerprint density at radius 1 is 0.974 bits per heavy atom. The number of urea groups is 1. The molecule has 2 unspecified atom stereocenters. The molecule has 2 fully saturated rings. The van der Waals surface area contributed by atoms with Gasteiger partial charge in [-0.2, -0.15) is 4.31 Å². The first-order valence-corrected chi connectivity index (χ1v) is 15.6. The summed E-state index contributed by atoms with van der Waals surface area (Å²) in [6.07, 6.45) is 4.69. The van der Waals surface area contributed by atoms with Crippen LogP contribution in [0.2, 0.25) is 0 Å². The van der Waals surface area contributed by atoms with Crippen LogP contribution in [-0.4, -0.2) is 74.4 Å². The summed E-state index contributed by atoms with van der Waals surface area (Å²) in [5.41, 5.74) is 4.69. The maximum Gasteiger partial charge on any atom is 0.322 e. The molecule has 4 aliphatic rings. The number of aryl methyl sites for hydroxylation is 2. The van der Waals surface area contributed by atoms with E-state index >= 15 is 0 Å².